The fourth-order valence-electron chi connectivity index (χ4n) is 4.50. The summed E-state index contributed by atoms with van der Waals surface area (Å²) in [4.78, 5) is 6.74. The maximum Gasteiger partial charge on any atom is 0.141 e. The SMILES string of the molecule is Cc1nn(C)c(N2CCOCC2)c1CNc1ccc2ncc(C#N)c(Nc3ccc(F)c(Cl)c3)c2c1. The maximum absolute atomic E-state index is 13.6. The van der Waals surface area contributed by atoms with Crippen molar-refractivity contribution in [3.05, 3.63) is 70.3 Å². The highest BCUT2D eigenvalue weighted by Crippen LogP contribution is 2.32. The average Bonchev–Trinajstić information content (AvgIpc) is 3.18. The minimum Gasteiger partial charge on any atom is -0.381 e. The van der Waals surface area contributed by atoms with Gasteiger partial charge >= 0.3 is 0 Å². The van der Waals surface area contributed by atoms with Crippen LogP contribution in [-0.2, 0) is 18.3 Å². The van der Waals surface area contributed by atoms with E-state index in [4.69, 9.17) is 16.3 Å². The lowest BCUT2D eigenvalue weighted by atomic mass is 10.1. The molecule has 0 unspecified atom stereocenters. The van der Waals surface area contributed by atoms with Crippen molar-refractivity contribution >= 4 is 45.4 Å². The van der Waals surface area contributed by atoms with Crippen molar-refractivity contribution in [1.82, 2.24) is 14.8 Å². The second kappa shape index (κ2) is 10.0. The van der Waals surface area contributed by atoms with Gasteiger partial charge in [0, 0.05) is 55.2 Å². The Bertz CT molecular complexity index is 1470. The first-order valence-corrected chi connectivity index (χ1v) is 12.0. The number of ether oxygens (including phenoxy) is 1. The van der Waals surface area contributed by atoms with Crippen LogP contribution in [-0.4, -0.2) is 41.1 Å². The summed E-state index contributed by atoms with van der Waals surface area (Å²) in [6, 6.07) is 12.4. The van der Waals surface area contributed by atoms with E-state index in [9.17, 15) is 9.65 Å². The van der Waals surface area contributed by atoms with Gasteiger partial charge in [0.15, 0.2) is 0 Å². The molecule has 0 atom stereocenters. The molecule has 0 amide bonds. The van der Waals surface area contributed by atoms with Crippen LogP contribution in [0.2, 0.25) is 5.02 Å². The van der Waals surface area contributed by atoms with Crippen molar-refractivity contribution < 1.29 is 9.13 Å². The summed E-state index contributed by atoms with van der Waals surface area (Å²) in [6.07, 6.45) is 1.52. The second-order valence-electron chi connectivity index (χ2n) is 8.61. The van der Waals surface area contributed by atoms with E-state index in [1.54, 1.807) is 6.07 Å². The molecule has 3 heterocycles. The molecule has 0 aliphatic carbocycles. The molecule has 2 aromatic carbocycles. The Morgan fingerprint density at radius 3 is 2.69 bits per heavy atom. The Hall–Kier alpha value is -3.87. The van der Waals surface area contributed by atoms with Crippen LogP contribution in [0.15, 0.2) is 42.6 Å². The average molecular weight is 506 g/mol. The standard InChI is InChI=1S/C26H25ClFN7O/c1-16-21(26(34(2)33-16)35-7-9-36-10-8-35)15-30-18-4-6-24-20(11-18)25(17(13-29)14-31-24)32-19-3-5-23(28)22(27)12-19/h3-6,11-12,14,30H,7-10,15H2,1-2H3,(H,31,32). The third-order valence-corrected chi connectivity index (χ3v) is 6.56. The van der Waals surface area contributed by atoms with Crippen molar-refractivity contribution in [2.24, 2.45) is 7.05 Å². The molecule has 1 aliphatic rings. The molecule has 2 aromatic heterocycles. The molecule has 0 bridgehead atoms. The first kappa shape index (κ1) is 23.9. The molecular formula is C26H25ClFN7O. The number of hydrogen-bond acceptors (Lipinski definition) is 7. The summed E-state index contributed by atoms with van der Waals surface area (Å²) in [5.74, 6) is 0.587. The summed E-state index contributed by atoms with van der Waals surface area (Å²) in [7, 11) is 1.96. The molecule has 1 aliphatic heterocycles. The fraction of sp³-hybridized carbons (Fsp3) is 0.269. The van der Waals surface area contributed by atoms with Crippen LogP contribution in [0.3, 0.4) is 0 Å². The fourth-order valence-corrected chi connectivity index (χ4v) is 4.68. The van der Waals surface area contributed by atoms with Crippen LogP contribution in [0.4, 0.5) is 27.3 Å². The lowest BCUT2D eigenvalue weighted by Gasteiger charge is -2.29. The lowest BCUT2D eigenvalue weighted by Crippen LogP contribution is -2.38. The number of anilines is 4. The van der Waals surface area contributed by atoms with Crippen LogP contribution < -0.4 is 15.5 Å². The van der Waals surface area contributed by atoms with Gasteiger partial charge in [0.2, 0.25) is 0 Å². The third-order valence-electron chi connectivity index (χ3n) is 6.27. The summed E-state index contributed by atoms with van der Waals surface area (Å²) in [6.45, 7) is 5.65. The number of fused-ring (bicyclic) bond motifs is 1. The topological polar surface area (TPSA) is 91.0 Å². The predicted molar refractivity (Wildman–Crippen MR) is 139 cm³/mol. The van der Waals surface area contributed by atoms with Crippen LogP contribution in [0.25, 0.3) is 10.9 Å². The van der Waals surface area contributed by atoms with Gasteiger partial charge in [-0.1, -0.05) is 11.6 Å². The second-order valence-corrected chi connectivity index (χ2v) is 9.02. The summed E-state index contributed by atoms with van der Waals surface area (Å²) in [5, 5.41) is 21.9. The highest BCUT2D eigenvalue weighted by molar-refractivity contribution is 6.31. The number of hydrogen-bond donors (Lipinski definition) is 2. The van der Waals surface area contributed by atoms with Crippen molar-refractivity contribution in [1.29, 1.82) is 5.26 Å². The van der Waals surface area contributed by atoms with Crippen LogP contribution in [0.5, 0.6) is 0 Å². The maximum atomic E-state index is 13.6. The largest absolute Gasteiger partial charge is 0.381 e. The van der Waals surface area contributed by atoms with Gasteiger partial charge in [-0.25, -0.2) is 4.39 Å². The number of benzene rings is 2. The molecular weight excluding hydrogens is 481 g/mol. The predicted octanol–water partition coefficient (Wildman–Crippen LogP) is 5.13. The Kier molecular flexibility index (Phi) is 6.63. The van der Waals surface area contributed by atoms with E-state index in [1.807, 2.05) is 36.9 Å². The Morgan fingerprint density at radius 2 is 1.94 bits per heavy atom. The summed E-state index contributed by atoms with van der Waals surface area (Å²) in [5.41, 5.74) is 5.22. The zero-order valence-electron chi connectivity index (χ0n) is 20.0. The van der Waals surface area contributed by atoms with Crippen molar-refractivity contribution in [2.75, 3.05) is 41.8 Å². The highest BCUT2D eigenvalue weighted by atomic mass is 35.5. The molecule has 5 rings (SSSR count). The van der Waals surface area contributed by atoms with Gasteiger partial charge in [-0.15, -0.1) is 0 Å². The zero-order valence-corrected chi connectivity index (χ0v) is 20.7. The number of pyridine rings is 1. The van der Waals surface area contributed by atoms with Crippen LogP contribution >= 0.6 is 11.6 Å². The van der Waals surface area contributed by atoms with E-state index >= 15 is 0 Å². The van der Waals surface area contributed by atoms with Gasteiger partial charge in [-0.3, -0.25) is 9.67 Å². The molecule has 36 heavy (non-hydrogen) atoms. The van der Waals surface area contributed by atoms with Gasteiger partial charge in [-0.2, -0.15) is 10.4 Å². The first-order valence-electron chi connectivity index (χ1n) is 11.6. The Labute approximate surface area is 213 Å². The van der Waals surface area contributed by atoms with Crippen LogP contribution in [0.1, 0.15) is 16.8 Å². The zero-order chi connectivity index (χ0) is 25.2. The Balaban J connectivity index is 1.46. The monoisotopic (exact) mass is 505 g/mol. The molecule has 0 spiro atoms. The number of aromatic nitrogens is 3. The van der Waals surface area contributed by atoms with Crippen molar-refractivity contribution in [3.63, 3.8) is 0 Å². The van der Waals surface area contributed by atoms with E-state index in [0.717, 1.165) is 46.8 Å². The first-order chi connectivity index (χ1) is 17.4. The van der Waals surface area contributed by atoms with Gasteiger partial charge in [-0.05, 0) is 43.3 Å². The molecule has 1 fully saturated rings. The third kappa shape index (κ3) is 4.65. The van der Waals surface area contributed by atoms with Gasteiger partial charge in [0.1, 0.15) is 17.7 Å². The number of halogens is 2. The summed E-state index contributed by atoms with van der Waals surface area (Å²) >= 11 is 5.96. The quantitative estimate of drug-likeness (QED) is 0.375. The number of rotatable bonds is 6. The van der Waals surface area contributed by atoms with Gasteiger partial charge in [0.05, 0.1) is 40.7 Å². The smallest absolute Gasteiger partial charge is 0.141 e. The normalized spacial score (nSPS) is 13.6. The van der Waals surface area contributed by atoms with E-state index in [-0.39, 0.29) is 5.02 Å². The van der Waals surface area contributed by atoms with E-state index in [0.29, 0.717) is 36.7 Å². The number of aryl methyl sites for hydroxylation is 2. The molecule has 4 aromatic rings. The molecule has 0 saturated carbocycles. The lowest BCUT2D eigenvalue weighted by molar-refractivity contribution is 0.122. The van der Waals surface area contributed by atoms with Gasteiger partial charge in [0.25, 0.3) is 0 Å². The molecule has 2 N–H and O–H groups in total. The van der Waals surface area contributed by atoms with E-state index in [2.05, 4.69) is 31.7 Å². The molecule has 1 saturated heterocycles. The molecule has 0 radical (unpaired) electrons. The van der Waals surface area contributed by atoms with Crippen molar-refractivity contribution in [3.8, 4) is 6.07 Å². The summed E-state index contributed by atoms with van der Waals surface area (Å²) < 4.78 is 21.1. The Morgan fingerprint density at radius 1 is 1.17 bits per heavy atom. The minimum absolute atomic E-state index is 0.00198. The van der Waals surface area contributed by atoms with E-state index in [1.165, 1.54) is 18.3 Å². The van der Waals surface area contributed by atoms with Crippen molar-refractivity contribution in [2.45, 2.75) is 13.5 Å². The number of nitrogens with zero attached hydrogens (tertiary/aromatic N) is 5. The molecule has 184 valence electrons. The molecule has 8 nitrogen and oxygen atoms in total. The van der Waals surface area contributed by atoms with E-state index < -0.39 is 5.82 Å². The van der Waals surface area contributed by atoms with Gasteiger partial charge < -0.3 is 20.3 Å². The number of morpholine rings is 1. The number of nitriles is 1. The highest BCUT2D eigenvalue weighted by Gasteiger charge is 2.21. The van der Waals surface area contributed by atoms with Crippen LogP contribution in [0, 0.1) is 24.1 Å². The number of nitrogens with one attached hydrogen (secondary N) is 2. The molecule has 10 heteroatoms. The minimum atomic E-state index is -0.504.